The minimum atomic E-state index is -0.434. The Bertz CT molecular complexity index is 1210. The van der Waals surface area contributed by atoms with Gasteiger partial charge in [-0.05, 0) is 74.7 Å². The number of nitrogens with one attached hydrogen (secondary N) is 2. The number of anilines is 1. The number of nitrogens with zero attached hydrogens (tertiary/aromatic N) is 3. The van der Waals surface area contributed by atoms with Crippen LogP contribution in [0.25, 0.3) is 0 Å². The zero-order valence-corrected chi connectivity index (χ0v) is 20.5. The van der Waals surface area contributed by atoms with E-state index in [1.807, 2.05) is 32.0 Å². The van der Waals surface area contributed by atoms with E-state index < -0.39 is 11.8 Å². The average Bonchev–Trinajstić information content (AvgIpc) is 2.86. The van der Waals surface area contributed by atoms with E-state index >= 15 is 0 Å². The molecule has 1 aromatic heterocycles. The van der Waals surface area contributed by atoms with Crippen LogP contribution >= 0.6 is 11.8 Å². The number of hydrogen-bond acceptors (Lipinski definition) is 6. The molecular formula is C26H27N5O3S. The van der Waals surface area contributed by atoms with Gasteiger partial charge in [0.25, 0.3) is 11.8 Å². The average molecular weight is 490 g/mol. The molecule has 35 heavy (non-hydrogen) atoms. The molecule has 2 aromatic carbocycles. The fourth-order valence-electron chi connectivity index (χ4n) is 3.79. The van der Waals surface area contributed by atoms with Gasteiger partial charge in [0.2, 0.25) is 5.91 Å². The highest BCUT2D eigenvalue weighted by Gasteiger charge is 2.19. The first-order valence-electron chi connectivity index (χ1n) is 11.4. The maximum absolute atomic E-state index is 12.4. The number of carbonyl (C=O) groups is 3. The lowest BCUT2D eigenvalue weighted by Crippen LogP contribution is -2.41. The molecular weight excluding hydrogens is 462 g/mol. The Morgan fingerprint density at radius 3 is 2.03 bits per heavy atom. The first-order chi connectivity index (χ1) is 16.9. The standard InChI is InChI=1S/C26H27N5O3S/c1-17-15-18(2)28-26(27-17)35-16-19-6-8-20(9-7-19)24(33)29-30-25(34)21-10-12-22(13-11-21)31-14-4-3-5-23(31)32/h6-13,15H,3-5,14,16H2,1-2H3,(H,29,33)(H,30,34). The molecule has 2 heterocycles. The van der Waals surface area contributed by atoms with Crippen molar-refractivity contribution in [3.8, 4) is 0 Å². The molecule has 1 aliphatic rings. The monoisotopic (exact) mass is 489 g/mol. The third-order valence-corrected chi connectivity index (χ3v) is 6.52. The molecule has 1 fully saturated rings. The Morgan fingerprint density at radius 2 is 1.46 bits per heavy atom. The number of aromatic nitrogens is 2. The van der Waals surface area contributed by atoms with E-state index in [9.17, 15) is 14.4 Å². The van der Waals surface area contributed by atoms with E-state index in [0.29, 0.717) is 29.8 Å². The molecule has 0 spiro atoms. The number of thioether (sulfide) groups is 1. The fraction of sp³-hybridized carbons (Fsp3) is 0.269. The highest BCUT2D eigenvalue weighted by Crippen LogP contribution is 2.22. The smallest absolute Gasteiger partial charge is 0.269 e. The summed E-state index contributed by atoms with van der Waals surface area (Å²) in [6.45, 7) is 4.58. The zero-order chi connectivity index (χ0) is 24.8. The molecule has 3 amide bonds. The van der Waals surface area contributed by atoms with Crippen LogP contribution in [0.3, 0.4) is 0 Å². The molecule has 9 heteroatoms. The van der Waals surface area contributed by atoms with Gasteiger partial charge in [0, 0.05) is 46.9 Å². The summed E-state index contributed by atoms with van der Waals surface area (Å²) in [5.41, 5.74) is 9.37. The van der Waals surface area contributed by atoms with Gasteiger partial charge in [0.1, 0.15) is 0 Å². The van der Waals surface area contributed by atoms with Crippen molar-refractivity contribution in [2.24, 2.45) is 0 Å². The maximum atomic E-state index is 12.4. The first-order valence-corrected chi connectivity index (χ1v) is 12.4. The van der Waals surface area contributed by atoms with Crippen molar-refractivity contribution in [1.82, 2.24) is 20.8 Å². The molecule has 2 N–H and O–H groups in total. The van der Waals surface area contributed by atoms with Crippen LogP contribution in [0.4, 0.5) is 5.69 Å². The van der Waals surface area contributed by atoms with E-state index in [2.05, 4.69) is 20.8 Å². The first kappa shape index (κ1) is 24.4. The van der Waals surface area contributed by atoms with Crippen LogP contribution in [0.5, 0.6) is 0 Å². The minimum Gasteiger partial charge on any atom is -0.312 e. The highest BCUT2D eigenvalue weighted by molar-refractivity contribution is 7.98. The Hall–Kier alpha value is -3.72. The molecule has 0 radical (unpaired) electrons. The van der Waals surface area contributed by atoms with Crippen molar-refractivity contribution in [3.63, 3.8) is 0 Å². The molecule has 0 bridgehead atoms. The number of aryl methyl sites for hydroxylation is 2. The van der Waals surface area contributed by atoms with Gasteiger partial charge in [0.15, 0.2) is 5.16 Å². The Labute approximate surface area is 208 Å². The van der Waals surface area contributed by atoms with Gasteiger partial charge in [-0.25, -0.2) is 9.97 Å². The van der Waals surface area contributed by atoms with Crippen LogP contribution < -0.4 is 15.8 Å². The predicted octanol–water partition coefficient (Wildman–Crippen LogP) is 3.98. The van der Waals surface area contributed by atoms with Crippen molar-refractivity contribution >= 4 is 35.2 Å². The lowest BCUT2D eigenvalue weighted by Gasteiger charge is -2.26. The molecule has 1 aliphatic heterocycles. The van der Waals surface area contributed by atoms with Crippen LogP contribution in [0, 0.1) is 13.8 Å². The summed E-state index contributed by atoms with van der Waals surface area (Å²) < 4.78 is 0. The fourth-order valence-corrected chi connectivity index (χ4v) is 4.69. The summed E-state index contributed by atoms with van der Waals surface area (Å²) in [4.78, 5) is 47.5. The highest BCUT2D eigenvalue weighted by atomic mass is 32.2. The van der Waals surface area contributed by atoms with Gasteiger partial charge in [-0.3, -0.25) is 25.2 Å². The Morgan fingerprint density at radius 1 is 0.886 bits per heavy atom. The number of amides is 3. The van der Waals surface area contributed by atoms with Crippen molar-refractivity contribution in [2.45, 2.75) is 44.0 Å². The molecule has 0 unspecified atom stereocenters. The topological polar surface area (TPSA) is 104 Å². The third-order valence-electron chi connectivity index (χ3n) is 5.60. The summed E-state index contributed by atoms with van der Waals surface area (Å²) in [6.07, 6.45) is 2.44. The number of carbonyl (C=O) groups excluding carboxylic acids is 3. The van der Waals surface area contributed by atoms with Crippen LogP contribution in [0.15, 0.2) is 59.8 Å². The number of rotatable bonds is 6. The number of hydrazine groups is 1. The molecule has 8 nitrogen and oxygen atoms in total. The summed E-state index contributed by atoms with van der Waals surface area (Å²) in [6, 6.07) is 15.9. The Kier molecular flexibility index (Phi) is 7.77. The van der Waals surface area contributed by atoms with E-state index in [-0.39, 0.29) is 5.91 Å². The molecule has 1 saturated heterocycles. The van der Waals surface area contributed by atoms with Crippen LogP contribution in [-0.4, -0.2) is 34.2 Å². The third kappa shape index (κ3) is 6.45. The van der Waals surface area contributed by atoms with Crippen molar-refractivity contribution in [3.05, 3.63) is 82.7 Å². The summed E-state index contributed by atoms with van der Waals surface area (Å²) in [7, 11) is 0. The second-order valence-electron chi connectivity index (χ2n) is 8.38. The quantitative estimate of drug-likeness (QED) is 0.308. The zero-order valence-electron chi connectivity index (χ0n) is 19.7. The maximum Gasteiger partial charge on any atom is 0.269 e. The lowest BCUT2D eigenvalue weighted by molar-refractivity contribution is -0.119. The molecule has 0 saturated carbocycles. The normalized spacial score (nSPS) is 13.4. The van der Waals surface area contributed by atoms with Gasteiger partial charge < -0.3 is 4.90 Å². The number of piperidine rings is 1. The molecule has 180 valence electrons. The molecule has 0 aliphatic carbocycles. The van der Waals surface area contributed by atoms with E-state index in [1.165, 1.54) is 11.8 Å². The van der Waals surface area contributed by atoms with E-state index in [4.69, 9.17) is 0 Å². The van der Waals surface area contributed by atoms with Gasteiger partial charge in [0.05, 0.1) is 0 Å². The summed E-state index contributed by atoms with van der Waals surface area (Å²) >= 11 is 1.54. The second-order valence-corrected chi connectivity index (χ2v) is 9.32. The van der Waals surface area contributed by atoms with Crippen LogP contribution in [0.2, 0.25) is 0 Å². The van der Waals surface area contributed by atoms with Gasteiger partial charge in [-0.1, -0.05) is 23.9 Å². The molecule has 3 aromatic rings. The summed E-state index contributed by atoms with van der Waals surface area (Å²) in [5, 5.41) is 0.725. The van der Waals surface area contributed by atoms with Crippen molar-refractivity contribution in [2.75, 3.05) is 11.4 Å². The van der Waals surface area contributed by atoms with Gasteiger partial charge in [-0.15, -0.1) is 0 Å². The largest absolute Gasteiger partial charge is 0.312 e. The number of hydrogen-bond donors (Lipinski definition) is 2. The van der Waals surface area contributed by atoms with Gasteiger partial charge in [-0.2, -0.15) is 0 Å². The SMILES string of the molecule is Cc1cc(C)nc(SCc2ccc(C(=O)NNC(=O)c3ccc(N4CCCCC4=O)cc3)cc2)n1. The predicted molar refractivity (Wildman–Crippen MR) is 135 cm³/mol. The van der Waals surface area contributed by atoms with E-state index in [0.717, 1.165) is 40.6 Å². The van der Waals surface area contributed by atoms with Crippen molar-refractivity contribution < 1.29 is 14.4 Å². The molecule has 0 atom stereocenters. The van der Waals surface area contributed by atoms with Crippen LogP contribution in [-0.2, 0) is 10.5 Å². The second kappa shape index (κ2) is 11.1. The Balaban J connectivity index is 1.27. The molecule has 4 rings (SSSR count). The van der Waals surface area contributed by atoms with Crippen LogP contribution in [0.1, 0.15) is 56.9 Å². The summed E-state index contributed by atoms with van der Waals surface area (Å²) in [5.74, 6) is -0.0634. The van der Waals surface area contributed by atoms with Gasteiger partial charge >= 0.3 is 0 Å². The minimum absolute atomic E-state index is 0.101. The van der Waals surface area contributed by atoms with E-state index in [1.54, 1.807) is 41.3 Å². The van der Waals surface area contributed by atoms with Crippen molar-refractivity contribution in [1.29, 1.82) is 0 Å². The lowest BCUT2D eigenvalue weighted by atomic mass is 10.1. The number of benzene rings is 2.